The first-order valence-electron chi connectivity index (χ1n) is 18.0. The minimum absolute atomic E-state index is 0.0404. The number of nitrogens with zero attached hydrogens (tertiary/aromatic N) is 2. The summed E-state index contributed by atoms with van der Waals surface area (Å²) in [5.41, 5.74) is -2.67. The van der Waals surface area contributed by atoms with Gasteiger partial charge < -0.3 is 30.6 Å². The maximum Gasteiger partial charge on any atom is 0.478 e. The van der Waals surface area contributed by atoms with Gasteiger partial charge in [0.1, 0.15) is 18.1 Å². The van der Waals surface area contributed by atoms with Gasteiger partial charge in [-0.05, 0) is 67.6 Å². The van der Waals surface area contributed by atoms with Crippen LogP contribution in [0.5, 0.6) is 0 Å². The van der Waals surface area contributed by atoms with Gasteiger partial charge in [0.2, 0.25) is 17.7 Å². The van der Waals surface area contributed by atoms with Crippen molar-refractivity contribution >= 4 is 30.7 Å². The van der Waals surface area contributed by atoms with Crippen molar-refractivity contribution in [1.82, 2.24) is 21.3 Å². The molecule has 4 N–H and O–H groups in total. The molecule has 3 saturated carbocycles. The Hall–Kier alpha value is -4.31. The Kier molecular flexibility index (Phi) is 10.3. The number of amides is 4. The first-order chi connectivity index (χ1) is 24.9. The number of nitrogens with one attached hydrogen (secondary N) is 4. The maximum atomic E-state index is 13.7. The summed E-state index contributed by atoms with van der Waals surface area (Å²) in [5, 5.41) is 17.2. The SMILES string of the molecule is CC(C)[C@H](NC(=O)c1cccc(C2(C(F)(F)F)N=N2)c1)C(=O)N[C@@H](Cc1ccccc1)C(=O)N[C@@H](C)C(=O)NCB1O[C@@H]2CC3C[C@@H](C3(C)C)[C@]2(C)O1. The number of halogens is 3. The highest BCUT2D eigenvalue weighted by molar-refractivity contribution is 6.46. The van der Waals surface area contributed by atoms with Crippen molar-refractivity contribution < 1.29 is 41.7 Å². The topological polar surface area (TPSA) is 160 Å². The zero-order chi connectivity index (χ0) is 38.5. The number of benzene rings is 2. The number of rotatable bonds is 13. The molecular weight excluding hydrogens is 692 g/mol. The number of hydrogen-bond acceptors (Lipinski definition) is 8. The molecule has 0 aromatic heterocycles. The average Bonchev–Trinajstić information content (AvgIpc) is 3.86. The Morgan fingerprint density at radius 3 is 2.23 bits per heavy atom. The fraction of sp³-hybridized carbons (Fsp3) is 0.568. The highest BCUT2D eigenvalue weighted by Gasteiger charge is 2.68. The summed E-state index contributed by atoms with van der Waals surface area (Å²) in [4.78, 5) is 53.8. The van der Waals surface area contributed by atoms with Gasteiger partial charge in [-0.25, -0.2) is 0 Å². The van der Waals surface area contributed by atoms with Crippen LogP contribution in [-0.2, 0) is 35.8 Å². The van der Waals surface area contributed by atoms with Crippen LogP contribution in [-0.4, -0.2) is 73.2 Å². The first-order valence-corrected chi connectivity index (χ1v) is 18.0. The highest BCUT2D eigenvalue weighted by atomic mass is 19.4. The van der Waals surface area contributed by atoms with E-state index in [1.54, 1.807) is 38.1 Å². The molecule has 2 bridgehead atoms. The Morgan fingerprint density at radius 2 is 1.60 bits per heavy atom. The molecular formula is C37H46BF3N6O6. The third-order valence-electron chi connectivity index (χ3n) is 11.6. The average molecular weight is 739 g/mol. The van der Waals surface area contributed by atoms with Crippen LogP contribution >= 0.6 is 0 Å². The second-order valence-electron chi connectivity index (χ2n) is 15.8. The molecule has 2 aromatic carbocycles. The zero-order valence-electron chi connectivity index (χ0n) is 30.6. The molecule has 284 valence electrons. The first kappa shape index (κ1) is 38.4. The molecule has 3 aliphatic carbocycles. The van der Waals surface area contributed by atoms with E-state index in [2.05, 4.69) is 52.3 Å². The summed E-state index contributed by atoms with van der Waals surface area (Å²) in [7, 11) is -0.618. The molecule has 7 rings (SSSR count). The van der Waals surface area contributed by atoms with Crippen molar-refractivity contribution in [2.45, 2.75) is 102 Å². The lowest BCUT2D eigenvalue weighted by Crippen LogP contribution is -2.65. The summed E-state index contributed by atoms with van der Waals surface area (Å²) in [6, 6.07) is 10.5. The summed E-state index contributed by atoms with van der Waals surface area (Å²) < 4.78 is 53.4. The second-order valence-corrected chi connectivity index (χ2v) is 15.8. The molecule has 2 aliphatic heterocycles. The minimum Gasteiger partial charge on any atom is -0.404 e. The number of alkyl halides is 3. The summed E-state index contributed by atoms with van der Waals surface area (Å²) in [5.74, 6) is -2.11. The van der Waals surface area contributed by atoms with Crippen molar-refractivity contribution in [3.05, 3.63) is 71.3 Å². The Morgan fingerprint density at radius 1 is 0.906 bits per heavy atom. The van der Waals surface area contributed by atoms with E-state index in [9.17, 15) is 32.3 Å². The maximum absolute atomic E-state index is 13.7. The Balaban J connectivity index is 1.08. The molecule has 7 atom stereocenters. The molecule has 12 nitrogen and oxygen atoms in total. The van der Waals surface area contributed by atoms with Crippen molar-refractivity contribution in [3.63, 3.8) is 0 Å². The molecule has 1 unspecified atom stereocenters. The van der Waals surface area contributed by atoms with Crippen molar-refractivity contribution in [3.8, 4) is 0 Å². The predicted octanol–water partition coefficient (Wildman–Crippen LogP) is 4.24. The number of carbonyl (C=O) groups is 4. The number of carbonyl (C=O) groups excluding carboxylic acids is 4. The lowest BCUT2D eigenvalue weighted by Gasteiger charge is -2.64. The monoisotopic (exact) mass is 738 g/mol. The van der Waals surface area contributed by atoms with Gasteiger partial charge in [0.05, 0.1) is 18.1 Å². The fourth-order valence-corrected chi connectivity index (χ4v) is 8.15. The molecule has 5 aliphatic rings. The van der Waals surface area contributed by atoms with Crippen molar-refractivity contribution in [2.24, 2.45) is 33.4 Å². The van der Waals surface area contributed by atoms with Gasteiger partial charge in [-0.3, -0.25) is 19.2 Å². The normalized spacial score (nSPS) is 26.4. The third-order valence-corrected chi connectivity index (χ3v) is 11.6. The van der Waals surface area contributed by atoms with E-state index in [1.807, 2.05) is 6.07 Å². The predicted molar refractivity (Wildman–Crippen MR) is 188 cm³/mol. The summed E-state index contributed by atoms with van der Waals surface area (Å²) in [6.07, 6.45) is -2.63. The summed E-state index contributed by atoms with van der Waals surface area (Å²) >= 11 is 0. The molecule has 4 amide bonds. The lowest BCUT2D eigenvalue weighted by molar-refractivity contribution is -0.199. The van der Waals surface area contributed by atoms with Crippen molar-refractivity contribution in [1.29, 1.82) is 0 Å². The Labute approximate surface area is 306 Å². The van der Waals surface area contributed by atoms with Crippen LogP contribution in [0.25, 0.3) is 0 Å². The third kappa shape index (κ3) is 7.44. The largest absolute Gasteiger partial charge is 0.478 e. The van der Waals surface area contributed by atoms with Crippen LogP contribution in [0.15, 0.2) is 64.8 Å². The van der Waals surface area contributed by atoms with Crippen LogP contribution in [0.1, 0.15) is 75.9 Å². The van der Waals surface area contributed by atoms with Crippen LogP contribution in [0, 0.1) is 23.2 Å². The lowest BCUT2D eigenvalue weighted by atomic mass is 9.43. The second kappa shape index (κ2) is 14.2. The molecule has 4 fully saturated rings. The van der Waals surface area contributed by atoms with Crippen LogP contribution in [0.2, 0.25) is 0 Å². The van der Waals surface area contributed by atoms with Gasteiger partial charge >= 0.3 is 19.0 Å². The molecule has 16 heteroatoms. The molecule has 0 radical (unpaired) electrons. The molecule has 1 saturated heterocycles. The van der Waals surface area contributed by atoms with Gasteiger partial charge in [0, 0.05) is 17.5 Å². The van der Waals surface area contributed by atoms with E-state index in [0.717, 1.165) is 24.5 Å². The van der Waals surface area contributed by atoms with Gasteiger partial charge in [0.15, 0.2) is 0 Å². The zero-order valence-corrected chi connectivity index (χ0v) is 30.6. The molecule has 2 heterocycles. The minimum atomic E-state index is -4.78. The van der Waals surface area contributed by atoms with Crippen LogP contribution in [0.3, 0.4) is 0 Å². The summed E-state index contributed by atoms with van der Waals surface area (Å²) in [6.45, 7) is 11.5. The van der Waals surface area contributed by atoms with E-state index in [-0.39, 0.29) is 35.5 Å². The quantitative estimate of drug-likeness (QED) is 0.225. The van der Waals surface area contributed by atoms with E-state index < -0.39 is 72.2 Å². The standard InChI is InChI=1S/C37H46BF3N6O6/c1-20(2)29(45-31(49)23-13-10-14-24(16-23)36(46-47-36)37(39,40)41)33(51)44-26(15-22-11-8-7-9-12-22)32(50)43-21(3)30(48)42-19-38-52-28-18-25-17-27(34(25,4)5)35(28,6)53-38/h7-14,16,20-21,25-29H,15,17-19H2,1-6H3,(H,42,48)(H,43,50)(H,44,51)(H,45,49)/t21-,25?,26-,27-,28+,29-,35-/m0/s1. The van der Waals surface area contributed by atoms with Gasteiger partial charge in [-0.2, -0.15) is 13.2 Å². The molecule has 0 spiro atoms. The van der Waals surface area contributed by atoms with E-state index >= 15 is 0 Å². The van der Waals surface area contributed by atoms with E-state index in [4.69, 9.17) is 9.31 Å². The van der Waals surface area contributed by atoms with Crippen LogP contribution in [0.4, 0.5) is 13.2 Å². The Bertz CT molecular complexity index is 1770. The molecule has 53 heavy (non-hydrogen) atoms. The van der Waals surface area contributed by atoms with Gasteiger partial charge in [-0.1, -0.05) is 70.2 Å². The van der Waals surface area contributed by atoms with E-state index in [0.29, 0.717) is 11.8 Å². The highest BCUT2D eigenvalue weighted by Crippen LogP contribution is 2.65. The van der Waals surface area contributed by atoms with E-state index in [1.165, 1.54) is 25.1 Å². The van der Waals surface area contributed by atoms with Gasteiger partial charge in [-0.15, -0.1) is 10.2 Å². The van der Waals surface area contributed by atoms with Crippen molar-refractivity contribution in [2.75, 3.05) is 6.44 Å². The molecule has 2 aromatic rings. The number of hydrogen-bond donors (Lipinski definition) is 4. The smallest absolute Gasteiger partial charge is 0.404 e. The van der Waals surface area contributed by atoms with Crippen LogP contribution < -0.4 is 21.3 Å². The van der Waals surface area contributed by atoms with Gasteiger partial charge in [0.25, 0.3) is 5.91 Å². The fourth-order valence-electron chi connectivity index (χ4n) is 8.15.